The molecular formula is C22H24N4O. The molecule has 2 aromatic carbocycles. The molecule has 3 aromatic rings. The van der Waals surface area contributed by atoms with E-state index >= 15 is 0 Å². The van der Waals surface area contributed by atoms with Crippen LogP contribution in [-0.2, 0) is 17.9 Å². The monoisotopic (exact) mass is 360 g/mol. The van der Waals surface area contributed by atoms with Crippen molar-refractivity contribution in [2.45, 2.75) is 33.4 Å². The standard InChI is InChI=1S/C22H24N4O/c1-16-21(19-11-6-7-12-20(19)23-17(2)27)22-25(13-8-14-26(22)24-16)15-18-9-4-3-5-10-18/h3-7,9-12H,8,13-15H2,1-2H3,(H,23,27). The lowest BCUT2D eigenvalue weighted by Gasteiger charge is -2.31. The molecule has 5 heteroatoms. The van der Waals surface area contributed by atoms with E-state index in [1.165, 1.54) is 5.56 Å². The molecule has 1 aliphatic heterocycles. The Hall–Kier alpha value is -3.08. The zero-order valence-electron chi connectivity index (χ0n) is 15.8. The Bertz CT molecular complexity index is 962. The molecule has 0 unspecified atom stereocenters. The van der Waals surface area contributed by atoms with Gasteiger partial charge in [0.15, 0.2) is 0 Å². The Morgan fingerprint density at radius 2 is 1.81 bits per heavy atom. The van der Waals surface area contributed by atoms with Gasteiger partial charge in [0.05, 0.1) is 5.69 Å². The number of anilines is 2. The van der Waals surface area contributed by atoms with Gasteiger partial charge in [-0.1, -0.05) is 48.5 Å². The molecule has 0 fully saturated rings. The molecule has 0 atom stereocenters. The van der Waals surface area contributed by atoms with Crippen molar-refractivity contribution in [2.75, 3.05) is 16.8 Å². The van der Waals surface area contributed by atoms with E-state index in [0.717, 1.165) is 54.4 Å². The van der Waals surface area contributed by atoms with Crippen LogP contribution in [0.1, 0.15) is 24.6 Å². The lowest BCUT2D eigenvalue weighted by molar-refractivity contribution is -0.114. The molecule has 138 valence electrons. The third-order valence-electron chi connectivity index (χ3n) is 4.92. The van der Waals surface area contributed by atoms with Gasteiger partial charge in [0.25, 0.3) is 0 Å². The zero-order chi connectivity index (χ0) is 18.8. The maximum absolute atomic E-state index is 11.7. The van der Waals surface area contributed by atoms with E-state index in [1.54, 1.807) is 6.92 Å². The predicted octanol–water partition coefficient (Wildman–Crippen LogP) is 4.23. The van der Waals surface area contributed by atoms with Crippen LogP contribution in [0.15, 0.2) is 54.6 Å². The normalized spacial score (nSPS) is 13.3. The van der Waals surface area contributed by atoms with Crippen molar-refractivity contribution in [3.05, 3.63) is 65.9 Å². The summed E-state index contributed by atoms with van der Waals surface area (Å²) in [5, 5.41) is 7.77. The van der Waals surface area contributed by atoms with Gasteiger partial charge in [-0.2, -0.15) is 5.10 Å². The molecule has 1 amide bonds. The number of hydrogen-bond donors (Lipinski definition) is 1. The Morgan fingerprint density at radius 3 is 2.59 bits per heavy atom. The summed E-state index contributed by atoms with van der Waals surface area (Å²) in [5.74, 6) is 1.07. The van der Waals surface area contributed by atoms with Gasteiger partial charge < -0.3 is 10.2 Å². The first-order valence-corrected chi connectivity index (χ1v) is 9.37. The second-order valence-corrected chi connectivity index (χ2v) is 6.99. The van der Waals surface area contributed by atoms with E-state index in [4.69, 9.17) is 5.10 Å². The van der Waals surface area contributed by atoms with E-state index < -0.39 is 0 Å². The average Bonchev–Trinajstić information content (AvgIpc) is 2.99. The largest absolute Gasteiger partial charge is 0.352 e. The van der Waals surface area contributed by atoms with Gasteiger partial charge in [-0.05, 0) is 25.0 Å². The fourth-order valence-corrected chi connectivity index (χ4v) is 3.84. The van der Waals surface area contributed by atoms with Crippen LogP contribution in [0, 0.1) is 6.92 Å². The number of nitrogens with zero attached hydrogens (tertiary/aromatic N) is 3. The molecule has 27 heavy (non-hydrogen) atoms. The zero-order valence-corrected chi connectivity index (χ0v) is 15.8. The highest BCUT2D eigenvalue weighted by atomic mass is 16.1. The van der Waals surface area contributed by atoms with Crippen LogP contribution in [0.4, 0.5) is 11.5 Å². The molecule has 0 spiro atoms. The predicted molar refractivity (Wildman–Crippen MR) is 109 cm³/mol. The highest BCUT2D eigenvalue weighted by Gasteiger charge is 2.26. The van der Waals surface area contributed by atoms with Crippen molar-refractivity contribution >= 4 is 17.4 Å². The molecule has 1 aliphatic rings. The van der Waals surface area contributed by atoms with Crippen LogP contribution < -0.4 is 10.2 Å². The molecule has 0 aliphatic carbocycles. The van der Waals surface area contributed by atoms with Crippen molar-refractivity contribution in [1.82, 2.24) is 9.78 Å². The number of fused-ring (bicyclic) bond motifs is 1. The van der Waals surface area contributed by atoms with Crippen molar-refractivity contribution in [2.24, 2.45) is 0 Å². The lowest BCUT2D eigenvalue weighted by atomic mass is 10.0. The molecule has 0 bridgehead atoms. The molecule has 1 N–H and O–H groups in total. The van der Waals surface area contributed by atoms with E-state index in [-0.39, 0.29) is 5.91 Å². The molecule has 0 saturated heterocycles. The van der Waals surface area contributed by atoms with Crippen LogP contribution in [0.2, 0.25) is 0 Å². The SMILES string of the molecule is CC(=O)Nc1ccccc1-c1c(C)nn2c1N(Cc1ccccc1)CCC2. The Balaban J connectivity index is 1.80. The van der Waals surface area contributed by atoms with E-state index in [9.17, 15) is 4.79 Å². The smallest absolute Gasteiger partial charge is 0.221 e. The number of amides is 1. The number of hydrogen-bond acceptors (Lipinski definition) is 3. The summed E-state index contributed by atoms with van der Waals surface area (Å²) in [6, 6.07) is 18.5. The van der Waals surface area contributed by atoms with Crippen LogP contribution in [-0.4, -0.2) is 22.2 Å². The summed E-state index contributed by atoms with van der Waals surface area (Å²) < 4.78 is 2.11. The Labute approximate surface area is 159 Å². The maximum Gasteiger partial charge on any atom is 0.221 e. The third kappa shape index (κ3) is 3.45. The Kier molecular flexibility index (Phi) is 4.67. The van der Waals surface area contributed by atoms with Gasteiger partial charge in [0.2, 0.25) is 5.91 Å². The van der Waals surface area contributed by atoms with Crippen molar-refractivity contribution in [1.29, 1.82) is 0 Å². The fraction of sp³-hybridized carbons (Fsp3) is 0.273. The van der Waals surface area contributed by atoms with Crippen LogP contribution >= 0.6 is 0 Å². The van der Waals surface area contributed by atoms with E-state index in [0.29, 0.717) is 0 Å². The van der Waals surface area contributed by atoms with Gasteiger partial charge >= 0.3 is 0 Å². The first kappa shape index (κ1) is 17.3. The number of carbonyl (C=O) groups excluding carboxylic acids is 1. The summed E-state index contributed by atoms with van der Waals surface area (Å²) in [5.41, 5.74) is 5.23. The summed E-state index contributed by atoms with van der Waals surface area (Å²) in [6.45, 7) is 6.35. The molecule has 5 nitrogen and oxygen atoms in total. The second kappa shape index (κ2) is 7.27. The van der Waals surface area contributed by atoms with Gasteiger partial charge in [0, 0.05) is 43.4 Å². The van der Waals surface area contributed by atoms with Crippen molar-refractivity contribution in [3.63, 3.8) is 0 Å². The van der Waals surface area contributed by atoms with Crippen molar-refractivity contribution in [3.8, 4) is 11.1 Å². The quantitative estimate of drug-likeness (QED) is 0.758. The van der Waals surface area contributed by atoms with Crippen LogP contribution in [0.25, 0.3) is 11.1 Å². The van der Waals surface area contributed by atoms with Gasteiger partial charge in [-0.3, -0.25) is 4.79 Å². The number of rotatable bonds is 4. The number of nitrogens with one attached hydrogen (secondary N) is 1. The van der Waals surface area contributed by atoms with E-state index in [2.05, 4.69) is 45.2 Å². The summed E-state index contributed by atoms with van der Waals surface area (Å²) in [4.78, 5) is 14.1. The minimum absolute atomic E-state index is 0.0673. The minimum atomic E-state index is -0.0673. The minimum Gasteiger partial charge on any atom is -0.352 e. The van der Waals surface area contributed by atoms with Gasteiger partial charge in [-0.15, -0.1) is 0 Å². The summed E-state index contributed by atoms with van der Waals surface area (Å²) in [7, 11) is 0. The molecule has 0 saturated carbocycles. The lowest BCUT2D eigenvalue weighted by Crippen LogP contribution is -2.32. The number of carbonyl (C=O) groups is 1. The van der Waals surface area contributed by atoms with Crippen LogP contribution in [0.5, 0.6) is 0 Å². The van der Waals surface area contributed by atoms with Gasteiger partial charge in [-0.25, -0.2) is 4.68 Å². The number of aromatic nitrogens is 2. The number of benzene rings is 2. The third-order valence-corrected chi connectivity index (χ3v) is 4.92. The molecule has 4 rings (SSSR count). The highest BCUT2D eigenvalue weighted by Crippen LogP contribution is 2.40. The number of para-hydroxylation sites is 1. The van der Waals surface area contributed by atoms with Crippen LogP contribution in [0.3, 0.4) is 0 Å². The fourth-order valence-electron chi connectivity index (χ4n) is 3.84. The Morgan fingerprint density at radius 1 is 1.07 bits per heavy atom. The summed E-state index contributed by atoms with van der Waals surface area (Å²) >= 11 is 0. The maximum atomic E-state index is 11.7. The first-order chi connectivity index (χ1) is 13.1. The average molecular weight is 360 g/mol. The number of aryl methyl sites for hydroxylation is 2. The van der Waals surface area contributed by atoms with E-state index in [1.807, 2.05) is 31.2 Å². The highest BCUT2D eigenvalue weighted by molar-refractivity contribution is 5.96. The first-order valence-electron chi connectivity index (χ1n) is 9.37. The second-order valence-electron chi connectivity index (χ2n) is 6.99. The van der Waals surface area contributed by atoms with Gasteiger partial charge in [0.1, 0.15) is 5.82 Å². The molecular weight excluding hydrogens is 336 g/mol. The summed E-state index contributed by atoms with van der Waals surface area (Å²) in [6.07, 6.45) is 1.08. The molecule has 1 aromatic heterocycles. The topological polar surface area (TPSA) is 50.2 Å². The molecule has 0 radical (unpaired) electrons. The van der Waals surface area contributed by atoms with Crippen molar-refractivity contribution < 1.29 is 4.79 Å². The molecule has 2 heterocycles.